The van der Waals surface area contributed by atoms with Crippen LogP contribution in [0.4, 0.5) is 0 Å². The summed E-state index contributed by atoms with van der Waals surface area (Å²) in [5.41, 5.74) is 0. The molecule has 86 valence electrons. The van der Waals surface area contributed by atoms with Crippen LogP contribution in [0, 0.1) is 0 Å². The van der Waals surface area contributed by atoms with E-state index < -0.39 is 0 Å². The first-order valence-corrected chi connectivity index (χ1v) is 5.16. The first-order chi connectivity index (χ1) is 7.31. The highest BCUT2D eigenvalue weighted by molar-refractivity contribution is 5.81. The van der Waals surface area contributed by atoms with Crippen LogP contribution in [0.3, 0.4) is 0 Å². The maximum absolute atomic E-state index is 10.8. The van der Waals surface area contributed by atoms with Crippen molar-refractivity contribution in [2.75, 3.05) is 13.2 Å². The molecule has 0 unspecified atom stereocenters. The second-order valence-electron chi connectivity index (χ2n) is 3.05. The van der Waals surface area contributed by atoms with Gasteiger partial charge in [0.25, 0.3) is 6.47 Å². The minimum absolute atomic E-state index is 0.290. The molecule has 0 atom stereocenters. The van der Waals surface area contributed by atoms with Crippen molar-refractivity contribution in [1.29, 1.82) is 0 Å². The highest BCUT2D eigenvalue weighted by atomic mass is 16.5. The van der Waals surface area contributed by atoms with E-state index in [1.807, 2.05) is 0 Å². The first-order valence-electron chi connectivity index (χ1n) is 5.16. The van der Waals surface area contributed by atoms with Crippen LogP contribution in [0.5, 0.6) is 0 Å². The van der Waals surface area contributed by atoms with E-state index in [1.54, 1.807) is 13.0 Å². The van der Waals surface area contributed by atoms with E-state index in [-0.39, 0.29) is 5.97 Å². The second-order valence-corrected chi connectivity index (χ2v) is 3.05. The van der Waals surface area contributed by atoms with Crippen molar-refractivity contribution < 1.29 is 19.1 Å². The SMILES string of the molecule is CC=CC(=O)OCCCCCCOC=O. The molecule has 4 heteroatoms. The normalized spacial score (nSPS) is 10.2. The molecule has 0 aromatic carbocycles. The lowest BCUT2D eigenvalue weighted by Crippen LogP contribution is -2.02. The summed E-state index contributed by atoms with van der Waals surface area (Å²) in [4.78, 5) is 20.6. The van der Waals surface area contributed by atoms with Crippen LogP contribution in [0.25, 0.3) is 0 Å². The van der Waals surface area contributed by atoms with Crippen LogP contribution < -0.4 is 0 Å². The van der Waals surface area contributed by atoms with Crippen LogP contribution in [-0.4, -0.2) is 25.7 Å². The summed E-state index contributed by atoms with van der Waals surface area (Å²) >= 11 is 0. The quantitative estimate of drug-likeness (QED) is 0.254. The van der Waals surface area contributed by atoms with E-state index in [9.17, 15) is 9.59 Å². The zero-order valence-electron chi connectivity index (χ0n) is 9.11. The zero-order chi connectivity index (χ0) is 11.4. The Bertz CT molecular complexity index is 199. The molecular weight excluding hydrogens is 196 g/mol. The van der Waals surface area contributed by atoms with Gasteiger partial charge in [-0.25, -0.2) is 4.79 Å². The number of rotatable bonds is 9. The molecule has 4 nitrogen and oxygen atoms in total. The van der Waals surface area contributed by atoms with Crippen molar-refractivity contribution in [3.8, 4) is 0 Å². The topological polar surface area (TPSA) is 52.6 Å². The van der Waals surface area contributed by atoms with Gasteiger partial charge in [-0.3, -0.25) is 4.79 Å². The maximum Gasteiger partial charge on any atom is 0.330 e. The van der Waals surface area contributed by atoms with Crippen LogP contribution in [-0.2, 0) is 19.1 Å². The first kappa shape index (κ1) is 13.7. The van der Waals surface area contributed by atoms with Crippen molar-refractivity contribution in [2.45, 2.75) is 32.6 Å². The van der Waals surface area contributed by atoms with Gasteiger partial charge in [0.15, 0.2) is 0 Å². The number of hydrogen-bond acceptors (Lipinski definition) is 4. The molecular formula is C11H18O4. The van der Waals surface area contributed by atoms with Gasteiger partial charge in [-0.1, -0.05) is 6.08 Å². The fourth-order valence-electron chi connectivity index (χ4n) is 1.05. The van der Waals surface area contributed by atoms with Crippen molar-refractivity contribution in [1.82, 2.24) is 0 Å². The molecule has 0 aromatic heterocycles. The molecule has 0 amide bonds. The smallest absolute Gasteiger partial charge is 0.330 e. The van der Waals surface area contributed by atoms with Gasteiger partial charge in [0.1, 0.15) is 0 Å². The number of ether oxygens (including phenoxy) is 2. The molecule has 0 bridgehead atoms. The highest BCUT2D eigenvalue weighted by Gasteiger charge is 1.95. The minimum Gasteiger partial charge on any atom is -0.468 e. The molecule has 0 aromatic rings. The van der Waals surface area contributed by atoms with Gasteiger partial charge in [-0.15, -0.1) is 0 Å². The molecule has 0 saturated carbocycles. The molecule has 0 spiro atoms. The van der Waals surface area contributed by atoms with Gasteiger partial charge < -0.3 is 9.47 Å². The van der Waals surface area contributed by atoms with Crippen molar-refractivity contribution in [2.24, 2.45) is 0 Å². The fraction of sp³-hybridized carbons (Fsp3) is 0.636. The number of unbranched alkanes of at least 4 members (excludes halogenated alkanes) is 3. The standard InChI is InChI=1S/C11H18O4/c1-2-7-11(13)15-9-6-4-3-5-8-14-10-12/h2,7,10H,3-6,8-9H2,1H3. The number of esters is 1. The number of carbonyl (C=O) groups is 2. The summed E-state index contributed by atoms with van der Waals surface area (Å²) < 4.78 is 9.43. The van der Waals surface area contributed by atoms with Crippen molar-refractivity contribution in [3.63, 3.8) is 0 Å². The van der Waals surface area contributed by atoms with E-state index in [2.05, 4.69) is 4.74 Å². The van der Waals surface area contributed by atoms with E-state index in [4.69, 9.17) is 4.74 Å². The lowest BCUT2D eigenvalue weighted by Gasteiger charge is -2.02. The van der Waals surface area contributed by atoms with Crippen LogP contribution in [0.15, 0.2) is 12.2 Å². The number of hydrogen-bond donors (Lipinski definition) is 0. The molecule has 0 rings (SSSR count). The van der Waals surface area contributed by atoms with Crippen LogP contribution in [0.2, 0.25) is 0 Å². The molecule has 0 N–H and O–H groups in total. The summed E-state index contributed by atoms with van der Waals surface area (Å²) in [5.74, 6) is -0.290. The second kappa shape index (κ2) is 10.8. The van der Waals surface area contributed by atoms with Crippen LogP contribution >= 0.6 is 0 Å². The lowest BCUT2D eigenvalue weighted by atomic mass is 10.2. The zero-order valence-corrected chi connectivity index (χ0v) is 9.11. The summed E-state index contributed by atoms with van der Waals surface area (Å²) in [6.07, 6.45) is 6.73. The Balaban J connectivity index is 3.11. The Morgan fingerprint density at radius 1 is 1.13 bits per heavy atom. The molecule has 0 fully saturated rings. The molecule has 0 aliphatic rings. The Labute approximate surface area is 90.2 Å². The number of carbonyl (C=O) groups excluding carboxylic acids is 2. The molecule has 0 aliphatic carbocycles. The summed E-state index contributed by atoms with van der Waals surface area (Å²) in [5, 5.41) is 0. The predicted octanol–water partition coefficient (Wildman–Crippen LogP) is 1.84. The Kier molecular flexibility index (Phi) is 9.81. The molecule has 0 aliphatic heterocycles. The van der Waals surface area contributed by atoms with Gasteiger partial charge >= 0.3 is 5.97 Å². The fourth-order valence-corrected chi connectivity index (χ4v) is 1.05. The Morgan fingerprint density at radius 2 is 1.80 bits per heavy atom. The lowest BCUT2D eigenvalue weighted by molar-refractivity contribution is -0.138. The third-order valence-electron chi connectivity index (χ3n) is 1.77. The summed E-state index contributed by atoms with van der Waals surface area (Å²) in [7, 11) is 0. The Morgan fingerprint density at radius 3 is 2.40 bits per heavy atom. The third-order valence-corrected chi connectivity index (χ3v) is 1.77. The van der Waals surface area contributed by atoms with Crippen molar-refractivity contribution in [3.05, 3.63) is 12.2 Å². The van der Waals surface area contributed by atoms with Gasteiger partial charge in [-0.05, 0) is 32.6 Å². The van der Waals surface area contributed by atoms with E-state index in [0.29, 0.717) is 19.7 Å². The van der Waals surface area contributed by atoms with Gasteiger partial charge in [-0.2, -0.15) is 0 Å². The van der Waals surface area contributed by atoms with Gasteiger partial charge in [0.05, 0.1) is 13.2 Å². The molecule has 15 heavy (non-hydrogen) atoms. The Hall–Kier alpha value is -1.32. The van der Waals surface area contributed by atoms with Gasteiger partial charge in [0.2, 0.25) is 0 Å². The molecule has 0 saturated heterocycles. The van der Waals surface area contributed by atoms with Crippen molar-refractivity contribution >= 4 is 12.4 Å². The average molecular weight is 214 g/mol. The number of allylic oxidation sites excluding steroid dienone is 1. The van der Waals surface area contributed by atoms with E-state index in [1.165, 1.54) is 6.08 Å². The van der Waals surface area contributed by atoms with Gasteiger partial charge in [0, 0.05) is 6.08 Å². The van der Waals surface area contributed by atoms with E-state index in [0.717, 1.165) is 25.7 Å². The summed E-state index contributed by atoms with van der Waals surface area (Å²) in [6.45, 7) is 3.16. The van der Waals surface area contributed by atoms with E-state index >= 15 is 0 Å². The minimum atomic E-state index is -0.290. The average Bonchev–Trinajstić information content (AvgIpc) is 2.22. The third kappa shape index (κ3) is 10.6. The molecule has 0 radical (unpaired) electrons. The maximum atomic E-state index is 10.8. The monoisotopic (exact) mass is 214 g/mol. The largest absolute Gasteiger partial charge is 0.468 e. The highest BCUT2D eigenvalue weighted by Crippen LogP contribution is 2.00. The molecule has 0 heterocycles. The summed E-state index contributed by atoms with van der Waals surface area (Å²) in [6, 6.07) is 0. The predicted molar refractivity (Wildman–Crippen MR) is 56.3 cm³/mol. The van der Waals surface area contributed by atoms with Crippen LogP contribution in [0.1, 0.15) is 32.6 Å².